The molecule has 0 spiro atoms. The lowest BCUT2D eigenvalue weighted by atomic mass is 9.96. The van der Waals surface area contributed by atoms with Gasteiger partial charge < -0.3 is 15.0 Å². The molecule has 6 nitrogen and oxygen atoms in total. The predicted molar refractivity (Wildman–Crippen MR) is 91.1 cm³/mol. The van der Waals surface area contributed by atoms with Gasteiger partial charge in [0.1, 0.15) is 5.60 Å². The summed E-state index contributed by atoms with van der Waals surface area (Å²) >= 11 is 3.32. The van der Waals surface area contributed by atoms with Crippen LogP contribution in [-0.4, -0.2) is 40.6 Å². The first-order chi connectivity index (χ1) is 10.7. The van der Waals surface area contributed by atoms with Crippen molar-refractivity contribution in [1.82, 2.24) is 9.88 Å². The van der Waals surface area contributed by atoms with Crippen LogP contribution in [0.15, 0.2) is 22.9 Å². The van der Waals surface area contributed by atoms with Crippen LogP contribution in [0.4, 0.5) is 10.5 Å². The molecule has 1 aliphatic rings. The summed E-state index contributed by atoms with van der Waals surface area (Å²) in [5, 5.41) is 2.87. The Morgan fingerprint density at radius 3 is 2.52 bits per heavy atom. The summed E-state index contributed by atoms with van der Waals surface area (Å²) in [4.78, 5) is 30.0. The number of amides is 2. The fourth-order valence-electron chi connectivity index (χ4n) is 2.38. The van der Waals surface area contributed by atoms with Gasteiger partial charge in [-0.25, -0.2) is 4.79 Å². The molecule has 1 aromatic rings. The van der Waals surface area contributed by atoms with E-state index in [0.717, 1.165) is 4.47 Å². The second-order valence-corrected chi connectivity index (χ2v) is 7.54. The van der Waals surface area contributed by atoms with Crippen molar-refractivity contribution in [3.8, 4) is 0 Å². The molecule has 1 aliphatic heterocycles. The molecule has 0 bridgehead atoms. The molecule has 7 heteroatoms. The minimum atomic E-state index is -0.501. The van der Waals surface area contributed by atoms with Crippen molar-refractivity contribution in [3.05, 3.63) is 22.9 Å². The van der Waals surface area contributed by atoms with Crippen molar-refractivity contribution in [3.63, 3.8) is 0 Å². The molecule has 0 radical (unpaired) electrons. The molecule has 0 saturated carbocycles. The Morgan fingerprint density at radius 1 is 1.30 bits per heavy atom. The maximum absolute atomic E-state index is 12.3. The highest BCUT2D eigenvalue weighted by Crippen LogP contribution is 2.22. The summed E-state index contributed by atoms with van der Waals surface area (Å²) in [6, 6.07) is 1.81. The fraction of sp³-hybridized carbons (Fsp3) is 0.562. The zero-order valence-corrected chi connectivity index (χ0v) is 15.2. The zero-order chi connectivity index (χ0) is 17.0. The first-order valence-electron chi connectivity index (χ1n) is 7.64. The van der Waals surface area contributed by atoms with Crippen molar-refractivity contribution < 1.29 is 14.3 Å². The average Bonchev–Trinajstić information content (AvgIpc) is 2.45. The van der Waals surface area contributed by atoms with Crippen LogP contribution in [0.1, 0.15) is 33.6 Å². The van der Waals surface area contributed by atoms with Gasteiger partial charge in [-0.1, -0.05) is 0 Å². The number of piperidine rings is 1. The average molecular weight is 384 g/mol. The lowest BCUT2D eigenvalue weighted by Gasteiger charge is -2.32. The predicted octanol–water partition coefficient (Wildman–Crippen LogP) is 3.43. The largest absolute Gasteiger partial charge is 0.444 e. The third-order valence-corrected chi connectivity index (χ3v) is 3.92. The highest BCUT2D eigenvalue weighted by molar-refractivity contribution is 9.10. The number of halogens is 1. The van der Waals surface area contributed by atoms with Gasteiger partial charge in [0.2, 0.25) is 5.91 Å². The minimum absolute atomic E-state index is 0.0336. The molecular weight excluding hydrogens is 362 g/mol. The third-order valence-electron chi connectivity index (χ3n) is 3.49. The highest BCUT2D eigenvalue weighted by atomic mass is 79.9. The quantitative estimate of drug-likeness (QED) is 0.848. The van der Waals surface area contributed by atoms with Gasteiger partial charge in [-0.05, 0) is 55.6 Å². The van der Waals surface area contributed by atoms with E-state index in [1.165, 1.54) is 0 Å². The standard InChI is InChI=1S/C16H22BrN3O3/c1-16(2,3)23-15(22)20-6-4-11(5-7-20)14(21)19-13-8-12(17)9-18-10-13/h8-11H,4-7H2,1-3H3,(H,19,21). The molecule has 0 unspecified atom stereocenters. The van der Waals surface area contributed by atoms with E-state index in [2.05, 4.69) is 26.2 Å². The summed E-state index contributed by atoms with van der Waals surface area (Å²) in [5.74, 6) is -0.138. The molecular formula is C16H22BrN3O3. The normalized spacial score (nSPS) is 16.1. The van der Waals surface area contributed by atoms with Crippen LogP contribution in [0.25, 0.3) is 0 Å². The van der Waals surface area contributed by atoms with Crippen molar-refractivity contribution in [2.75, 3.05) is 18.4 Å². The Bertz CT molecular complexity index is 578. The number of aromatic nitrogens is 1. The van der Waals surface area contributed by atoms with Gasteiger partial charge in [-0.3, -0.25) is 9.78 Å². The summed E-state index contributed by atoms with van der Waals surface area (Å²) in [7, 11) is 0. The maximum Gasteiger partial charge on any atom is 0.410 e. The van der Waals surface area contributed by atoms with Gasteiger partial charge in [0.25, 0.3) is 0 Å². The fourth-order valence-corrected chi connectivity index (χ4v) is 2.74. The molecule has 1 fully saturated rings. The smallest absolute Gasteiger partial charge is 0.410 e. The second kappa shape index (κ2) is 7.29. The summed E-state index contributed by atoms with van der Waals surface area (Å²) in [6.07, 6.45) is 4.22. The first kappa shape index (κ1) is 17.7. The van der Waals surface area contributed by atoms with Crippen LogP contribution >= 0.6 is 15.9 Å². The number of anilines is 1. The van der Waals surface area contributed by atoms with E-state index >= 15 is 0 Å². The monoisotopic (exact) mass is 383 g/mol. The molecule has 1 saturated heterocycles. The van der Waals surface area contributed by atoms with Crippen molar-refractivity contribution >= 4 is 33.6 Å². The van der Waals surface area contributed by atoms with Gasteiger partial charge in [0.15, 0.2) is 0 Å². The highest BCUT2D eigenvalue weighted by Gasteiger charge is 2.29. The number of nitrogens with zero attached hydrogens (tertiary/aromatic N) is 2. The number of likely N-dealkylation sites (tertiary alicyclic amines) is 1. The zero-order valence-electron chi connectivity index (χ0n) is 13.6. The summed E-state index contributed by atoms with van der Waals surface area (Å²) < 4.78 is 6.17. The number of nitrogens with one attached hydrogen (secondary N) is 1. The van der Waals surface area contributed by atoms with E-state index in [1.807, 2.05) is 20.8 Å². The number of hydrogen-bond acceptors (Lipinski definition) is 4. The molecule has 23 heavy (non-hydrogen) atoms. The van der Waals surface area contributed by atoms with E-state index in [9.17, 15) is 9.59 Å². The number of hydrogen-bond donors (Lipinski definition) is 1. The lowest BCUT2D eigenvalue weighted by molar-refractivity contribution is -0.121. The Morgan fingerprint density at radius 2 is 1.96 bits per heavy atom. The van der Waals surface area contributed by atoms with Crippen LogP contribution in [0.5, 0.6) is 0 Å². The van der Waals surface area contributed by atoms with Crippen molar-refractivity contribution in [2.24, 2.45) is 5.92 Å². The Kier molecular flexibility index (Phi) is 5.62. The van der Waals surface area contributed by atoms with Crippen molar-refractivity contribution in [1.29, 1.82) is 0 Å². The summed E-state index contributed by atoms with van der Waals surface area (Å²) in [5.41, 5.74) is 0.165. The van der Waals surface area contributed by atoms with Gasteiger partial charge in [0.05, 0.1) is 11.9 Å². The molecule has 2 rings (SSSR count). The van der Waals surface area contributed by atoms with E-state index in [4.69, 9.17) is 4.74 Å². The molecule has 2 heterocycles. The molecule has 1 N–H and O–H groups in total. The van der Waals surface area contributed by atoms with E-state index in [-0.39, 0.29) is 17.9 Å². The van der Waals surface area contributed by atoms with Crippen LogP contribution < -0.4 is 5.32 Å². The van der Waals surface area contributed by atoms with Gasteiger partial charge in [-0.2, -0.15) is 0 Å². The molecule has 0 aliphatic carbocycles. The number of carbonyl (C=O) groups is 2. The number of pyridine rings is 1. The van der Waals surface area contributed by atoms with E-state index in [1.54, 1.807) is 23.4 Å². The van der Waals surface area contributed by atoms with Crippen LogP contribution in [0.2, 0.25) is 0 Å². The Balaban J connectivity index is 1.84. The molecule has 2 amide bonds. The van der Waals surface area contributed by atoms with Crippen molar-refractivity contribution in [2.45, 2.75) is 39.2 Å². The summed E-state index contributed by atoms with van der Waals surface area (Å²) in [6.45, 7) is 6.60. The second-order valence-electron chi connectivity index (χ2n) is 6.62. The van der Waals surface area contributed by atoms with E-state index in [0.29, 0.717) is 31.6 Å². The molecule has 0 atom stereocenters. The van der Waals surface area contributed by atoms with Crippen LogP contribution in [-0.2, 0) is 9.53 Å². The van der Waals surface area contributed by atoms with E-state index < -0.39 is 5.60 Å². The van der Waals surface area contributed by atoms with Crippen LogP contribution in [0, 0.1) is 5.92 Å². The van der Waals surface area contributed by atoms with Gasteiger partial charge in [0, 0.05) is 29.7 Å². The Labute approximate surface area is 144 Å². The first-order valence-corrected chi connectivity index (χ1v) is 8.43. The van der Waals surface area contributed by atoms with Crippen LogP contribution in [0.3, 0.4) is 0 Å². The van der Waals surface area contributed by atoms with Gasteiger partial charge in [-0.15, -0.1) is 0 Å². The molecule has 126 valence electrons. The minimum Gasteiger partial charge on any atom is -0.444 e. The maximum atomic E-state index is 12.3. The number of ether oxygens (including phenoxy) is 1. The number of rotatable bonds is 2. The SMILES string of the molecule is CC(C)(C)OC(=O)N1CCC(C(=O)Nc2cncc(Br)c2)CC1. The van der Waals surface area contributed by atoms with Gasteiger partial charge >= 0.3 is 6.09 Å². The Hall–Kier alpha value is -1.63. The molecule has 1 aromatic heterocycles. The molecule has 0 aromatic carbocycles. The third kappa shape index (κ3) is 5.49. The lowest BCUT2D eigenvalue weighted by Crippen LogP contribution is -2.43. The topological polar surface area (TPSA) is 71.5 Å². The number of carbonyl (C=O) groups excluding carboxylic acids is 2.